The molecule has 0 saturated heterocycles. The molecular formula is C26H30N4O8S. The molecule has 0 fully saturated rings. The highest BCUT2D eigenvalue weighted by molar-refractivity contribution is 7.94. The van der Waals surface area contributed by atoms with Crippen LogP contribution in [0, 0.1) is 5.41 Å². The maximum Gasteiger partial charge on any atom is 0.327 e. The summed E-state index contributed by atoms with van der Waals surface area (Å²) in [4.78, 5) is 53.4. The second-order valence-corrected chi connectivity index (χ2v) is 11.5. The predicted molar refractivity (Wildman–Crippen MR) is 142 cm³/mol. The minimum absolute atomic E-state index is 0.208. The van der Waals surface area contributed by atoms with Gasteiger partial charge in [-0.15, -0.1) is 0 Å². The lowest BCUT2D eigenvalue weighted by Gasteiger charge is -2.38. The highest BCUT2D eigenvalue weighted by Gasteiger charge is 2.51. The van der Waals surface area contributed by atoms with E-state index in [1.54, 1.807) is 30.3 Å². The van der Waals surface area contributed by atoms with Crippen molar-refractivity contribution in [3.63, 3.8) is 0 Å². The largest absolute Gasteiger partial charge is 0.480 e. The van der Waals surface area contributed by atoms with E-state index in [0.717, 1.165) is 5.39 Å². The smallest absolute Gasteiger partial charge is 0.327 e. The second kappa shape index (κ2) is 11.8. The minimum Gasteiger partial charge on any atom is -0.480 e. The number of amides is 1. The van der Waals surface area contributed by atoms with E-state index in [-0.39, 0.29) is 11.3 Å². The van der Waals surface area contributed by atoms with Crippen molar-refractivity contribution >= 4 is 44.4 Å². The van der Waals surface area contributed by atoms with Gasteiger partial charge in [0.25, 0.3) is 0 Å². The number of rotatable bonds is 12. The molecule has 208 valence electrons. The molecule has 0 aliphatic heterocycles. The van der Waals surface area contributed by atoms with Crippen molar-refractivity contribution < 1.29 is 37.8 Å². The molecule has 12 nitrogen and oxygen atoms in total. The van der Waals surface area contributed by atoms with E-state index in [1.807, 2.05) is 0 Å². The Balaban J connectivity index is 1.95. The van der Waals surface area contributed by atoms with Gasteiger partial charge in [0.05, 0.1) is 22.7 Å². The molecule has 4 atom stereocenters. The number of sulfone groups is 1. The average Bonchev–Trinajstić information content (AvgIpc) is 2.89. The number of aromatic nitrogens is 1. The molecule has 2 aromatic rings. The van der Waals surface area contributed by atoms with Crippen molar-refractivity contribution in [2.75, 3.05) is 0 Å². The number of carboxylic acids is 2. The lowest BCUT2D eigenvalue weighted by Crippen LogP contribution is -2.59. The van der Waals surface area contributed by atoms with Gasteiger partial charge in [-0.2, -0.15) is 0 Å². The molecule has 39 heavy (non-hydrogen) atoms. The van der Waals surface area contributed by atoms with Gasteiger partial charge in [0.1, 0.15) is 12.1 Å². The van der Waals surface area contributed by atoms with Crippen LogP contribution in [0.25, 0.3) is 10.9 Å². The van der Waals surface area contributed by atoms with Crippen LogP contribution in [0.4, 0.5) is 0 Å². The van der Waals surface area contributed by atoms with Crippen LogP contribution < -0.4 is 16.8 Å². The molecule has 1 amide bonds. The van der Waals surface area contributed by atoms with Crippen LogP contribution in [0.5, 0.6) is 0 Å². The highest BCUT2D eigenvalue weighted by atomic mass is 32.2. The lowest BCUT2D eigenvalue weighted by molar-refractivity contribution is -0.149. The van der Waals surface area contributed by atoms with Crippen LogP contribution >= 0.6 is 0 Å². The fourth-order valence-corrected chi connectivity index (χ4v) is 6.09. The topological polar surface area (TPSA) is 220 Å². The number of aliphatic carboxylic acids is 2. The molecule has 0 radical (unpaired) electrons. The number of allylic oxidation sites excluding steroid dienone is 3. The van der Waals surface area contributed by atoms with Crippen LogP contribution in [-0.4, -0.2) is 65.4 Å². The first-order valence-electron chi connectivity index (χ1n) is 12.0. The zero-order valence-corrected chi connectivity index (χ0v) is 21.9. The molecule has 1 aromatic heterocycles. The first-order valence-corrected chi connectivity index (χ1v) is 13.7. The van der Waals surface area contributed by atoms with E-state index in [4.69, 9.17) is 16.6 Å². The molecule has 1 heterocycles. The summed E-state index contributed by atoms with van der Waals surface area (Å²) < 4.78 is 27.1. The van der Waals surface area contributed by atoms with Gasteiger partial charge < -0.3 is 27.0 Å². The van der Waals surface area contributed by atoms with Crippen molar-refractivity contribution in [2.24, 2.45) is 16.9 Å². The molecule has 1 aliphatic rings. The van der Waals surface area contributed by atoms with Gasteiger partial charge in [0, 0.05) is 29.3 Å². The predicted octanol–water partition coefficient (Wildman–Crippen LogP) is 0.658. The third kappa shape index (κ3) is 6.56. The fourth-order valence-electron chi connectivity index (χ4n) is 4.52. The molecule has 0 saturated carbocycles. The maximum absolute atomic E-state index is 13.6. The minimum atomic E-state index is -4.09. The van der Waals surface area contributed by atoms with E-state index >= 15 is 0 Å². The SMILES string of the molecule is C[C@H](N)C(=O)C1([C@@H](NC(=O)CC[C@H](N)C(=O)O)C(=O)O)C=CC=C(S(=O)(=O)Cc2cccc3cccnc23)C1. The monoisotopic (exact) mass is 558 g/mol. The Labute approximate surface area is 224 Å². The van der Waals surface area contributed by atoms with Gasteiger partial charge in [-0.3, -0.25) is 19.4 Å². The van der Waals surface area contributed by atoms with E-state index in [2.05, 4.69) is 10.3 Å². The summed E-state index contributed by atoms with van der Waals surface area (Å²) in [5, 5.41) is 22.0. The van der Waals surface area contributed by atoms with Crippen molar-refractivity contribution in [1.82, 2.24) is 10.3 Å². The number of pyridine rings is 1. The first kappa shape index (κ1) is 29.6. The molecule has 3 rings (SSSR count). The normalized spacial score (nSPS) is 19.5. The summed E-state index contributed by atoms with van der Waals surface area (Å²) in [5.74, 6) is -5.05. The Morgan fingerprint density at radius 1 is 1.10 bits per heavy atom. The molecule has 1 aromatic carbocycles. The Hall–Kier alpha value is -3.94. The summed E-state index contributed by atoms with van der Waals surface area (Å²) in [6.07, 6.45) is 4.05. The summed E-state index contributed by atoms with van der Waals surface area (Å²) >= 11 is 0. The lowest BCUT2D eigenvalue weighted by atomic mass is 9.69. The highest BCUT2D eigenvalue weighted by Crippen LogP contribution is 2.40. The Morgan fingerprint density at radius 3 is 2.44 bits per heavy atom. The Morgan fingerprint density at radius 2 is 1.79 bits per heavy atom. The quantitative estimate of drug-likeness (QED) is 0.243. The van der Waals surface area contributed by atoms with Gasteiger partial charge in [0.15, 0.2) is 15.6 Å². The number of fused-ring (bicyclic) bond motifs is 1. The third-order valence-electron chi connectivity index (χ3n) is 6.54. The standard InChI is InChI=1S/C26H30N4O8S/c1-15(27)23(32)26(22(25(35)36)30-20(31)10-9-19(28)24(33)34)11-3-8-18(13-26)39(37,38)14-17-6-2-5-16-7-4-12-29-21(16)17/h2-8,11-12,15,19,22H,9-10,13-14,27-28H2,1H3,(H,30,31)(H,33,34)(H,35,36)/t15-,19-,22-,26?/m0/s1. The van der Waals surface area contributed by atoms with E-state index in [0.29, 0.717) is 11.1 Å². The van der Waals surface area contributed by atoms with Crippen LogP contribution in [0.3, 0.4) is 0 Å². The molecule has 0 spiro atoms. The molecule has 13 heteroatoms. The number of benzene rings is 1. The first-order chi connectivity index (χ1) is 18.3. The van der Waals surface area contributed by atoms with Crippen molar-refractivity contribution in [3.05, 3.63) is 65.2 Å². The summed E-state index contributed by atoms with van der Waals surface area (Å²) in [7, 11) is -4.09. The summed E-state index contributed by atoms with van der Waals surface area (Å²) in [6, 6.07) is 4.18. The van der Waals surface area contributed by atoms with Gasteiger partial charge >= 0.3 is 11.9 Å². The maximum atomic E-state index is 13.6. The molecule has 7 N–H and O–H groups in total. The number of para-hydroxylation sites is 1. The second-order valence-electron chi connectivity index (χ2n) is 9.44. The molecule has 0 bridgehead atoms. The van der Waals surface area contributed by atoms with E-state index < -0.39 is 75.6 Å². The number of nitrogens with zero attached hydrogens (tertiary/aromatic N) is 1. The van der Waals surface area contributed by atoms with Crippen molar-refractivity contribution in [2.45, 2.75) is 50.1 Å². The Bertz CT molecular complexity index is 1460. The van der Waals surface area contributed by atoms with Crippen molar-refractivity contribution in [3.8, 4) is 0 Å². The number of Topliss-reactive ketones (excluding diaryl/α,β-unsaturated/α-hetero) is 1. The van der Waals surface area contributed by atoms with E-state index in [9.17, 15) is 32.7 Å². The number of hydrogen-bond acceptors (Lipinski definition) is 9. The van der Waals surface area contributed by atoms with Crippen molar-refractivity contribution in [1.29, 1.82) is 0 Å². The third-order valence-corrected chi connectivity index (χ3v) is 8.31. The number of carbonyl (C=O) groups excluding carboxylic acids is 2. The molecule has 1 unspecified atom stereocenters. The van der Waals surface area contributed by atoms with Crippen LogP contribution in [0.15, 0.2) is 59.7 Å². The summed E-state index contributed by atoms with van der Waals surface area (Å²) in [5.41, 5.74) is 10.1. The van der Waals surface area contributed by atoms with E-state index in [1.165, 1.54) is 31.3 Å². The average molecular weight is 559 g/mol. The summed E-state index contributed by atoms with van der Waals surface area (Å²) in [6.45, 7) is 1.33. The van der Waals surface area contributed by atoms with Gasteiger partial charge in [0.2, 0.25) is 5.91 Å². The Kier molecular flexibility index (Phi) is 8.99. The number of carbonyl (C=O) groups is 4. The molecule has 1 aliphatic carbocycles. The number of nitrogens with one attached hydrogen (secondary N) is 1. The number of nitrogens with two attached hydrogens (primary N) is 2. The number of hydrogen-bond donors (Lipinski definition) is 5. The fraction of sp³-hybridized carbons (Fsp3) is 0.346. The van der Waals surface area contributed by atoms with Crippen LogP contribution in [-0.2, 0) is 34.8 Å². The zero-order valence-electron chi connectivity index (χ0n) is 21.1. The number of carboxylic acid groups (broad SMARTS) is 2. The number of ketones is 1. The van der Waals surface area contributed by atoms with Gasteiger partial charge in [-0.05, 0) is 31.1 Å². The van der Waals surface area contributed by atoms with Crippen LogP contribution in [0.2, 0.25) is 0 Å². The van der Waals surface area contributed by atoms with Gasteiger partial charge in [-0.1, -0.05) is 36.4 Å². The van der Waals surface area contributed by atoms with Gasteiger partial charge in [-0.25, -0.2) is 13.2 Å². The zero-order chi connectivity index (χ0) is 29.0. The molecular weight excluding hydrogens is 528 g/mol. The van der Waals surface area contributed by atoms with Crippen LogP contribution in [0.1, 0.15) is 31.7 Å².